The summed E-state index contributed by atoms with van der Waals surface area (Å²) in [5, 5.41) is 4.08. The van der Waals surface area contributed by atoms with E-state index in [0.717, 1.165) is 30.2 Å². The molecule has 0 radical (unpaired) electrons. The molecule has 2 aromatic rings. The zero-order valence-corrected chi connectivity index (χ0v) is 13.0. The van der Waals surface area contributed by atoms with Crippen LogP contribution in [0.15, 0.2) is 22.9 Å². The number of methoxy groups -OCH3 is 1. The Hall–Kier alpha value is -1.60. The first kappa shape index (κ1) is 14.3. The lowest BCUT2D eigenvalue weighted by molar-refractivity contribution is 0.189. The molecule has 1 saturated heterocycles. The van der Waals surface area contributed by atoms with Gasteiger partial charge in [-0.3, -0.25) is 4.90 Å². The minimum atomic E-state index is 0.149. The number of aromatic nitrogens is 3. The molecule has 7 heteroatoms. The zero-order chi connectivity index (χ0) is 14.7. The molecule has 0 aliphatic carbocycles. The molecule has 1 atom stereocenters. The van der Waals surface area contributed by atoms with Gasteiger partial charge < -0.3 is 9.26 Å². The Balaban J connectivity index is 1.78. The normalized spacial score (nSPS) is 17.6. The molecular weight excluding hydrogens is 288 g/mol. The Morgan fingerprint density at radius 2 is 2.19 bits per heavy atom. The van der Waals surface area contributed by atoms with Crippen molar-refractivity contribution in [3.05, 3.63) is 24.2 Å². The van der Waals surface area contributed by atoms with E-state index >= 15 is 0 Å². The third-order valence-corrected chi connectivity index (χ3v) is 4.54. The maximum atomic E-state index is 5.44. The van der Waals surface area contributed by atoms with E-state index < -0.39 is 0 Å². The molecule has 0 bridgehead atoms. The Labute approximate surface area is 127 Å². The predicted molar refractivity (Wildman–Crippen MR) is 81.4 cm³/mol. The molecule has 1 aliphatic rings. The fourth-order valence-electron chi connectivity index (χ4n) is 2.30. The van der Waals surface area contributed by atoms with Crippen molar-refractivity contribution in [2.75, 3.05) is 31.7 Å². The van der Waals surface area contributed by atoms with E-state index in [2.05, 4.69) is 26.9 Å². The first-order valence-corrected chi connectivity index (χ1v) is 8.09. The van der Waals surface area contributed by atoms with E-state index in [9.17, 15) is 0 Å². The molecule has 1 fully saturated rings. The average Bonchev–Trinajstić information content (AvgIpc) is 3.05. The highest BCUT2D eigenvalue weighted by molar-refractivity contribution is 7.99. The summed E-state index contributed by atoms with van der Waals surface area (Å²) < 4.78 is 10.6. The van der Waals surface area contributed by atoms with Crippen LogP contribution in [0.3, 0.4) is 0 Å². The average molecular weight is 306 g/mol. The lowest BCUT2D eigenvalue weighted by Gasteiger charge is -2.29. The molecule has 6 nitrogen and oxygen atoms in total. The molecule has 0 aromatic carbocycles. The summed E-state index contributed by atoms with van der Waals surface area (Å²) in [6, 6.07) is 3.80. The highest BCUT2D eigenvalue weighted by Gasteiger charge is 2.23. The third kappa shape index (κ3) is 3.19. The van der Waals surface area contributed by atoms with Crippen molar-refractivity contribution in [3.8, 4) is 17.3 Å². The fourth-order valence-corrected chi connectivity index (χ4v) is 3.23. The van der Waals surface area contributed by atoms with Crippen LogP contribution in [0.25, 0.3) is 11.4 Å². The van der Waals surface area contributed by atoms with Crippen molar-refractivity contribution in [1.82, 2.24) is 20.0 Å². The van der Waals surface area contributed by atoms with Crippen LogP contribution in [0.4, 0.5) is 0 Å². The van der Waals surface area contributed by atoms with Crippen LogP contribution in [0, 0.1) is 0 Å². The summed E-state index contributed by atoms with van der Waals surface area (Å²) in [5.41, 5.74) is 0.846. The first-order valence-electron chi connectivity index (χ1n) is 6.94. The van der Waals surface area contributed by atoms with Crippen molar-refractivity contribution in [2.45, 2.75) is 13.0 Å². The van der Waals surface area contributed by atoms with E-state index in [0.29, 0.717) is 17.6 Å². The van der Waals surface area contributed by atoms with Gasteiger partial charge in [0.15, 0.2) is 0 Å². The molecule has 2 aromatic heterocycles. The van der Waals surface area contributed by atoms with Crippen LogP contribution in [-0.4, -0.2) is 51.7 Å². The van der Waals surface area contributed by atoms with Crippen LogP contribution in [0.1, 0.15) is 18.9 Å². The fraction of sp³-hybridized carbons (Fsp3) is 0.500. The number of hydrogen-bond acceptors (Lipinski definition) is 7. The van der Waals surface area contributed by atoms with Crippen molar-refractivity contribution in [3.63, 3.8) is 0 Å². The van der Waals surface area contributed by atoms with Gasteiger partial charge >= 0.3 is 0 Å². The first-order chi connectivity index (χ1) is 10.3. The number of pyridine rings is 1. The van der Waals surface area contributed by atoms with Gasteiger partial charge in [0.25, 0.3) is 0 Å². The van der Waals surface area contributed by atoms with E-state index in [1.54, 1.807) is 19.4 Å². The quantitative estimate of drug-likeness (QED) is 0.858. The van der Waals surface area contributed by atoms with Gasteiger partial charge in [-0.15, -0.1) is 0 Å². The predicted octanol–water partition coefficient (Wildman–Crippen LogP) is 2.25. The Morgan fingerprint density at radius 3 is 2.95 bits per heavy atom. The molecule has 3 rings (SSSR count). The van der Waals surface area contributed by atoms with Gasteiger partial charge in [-0.25, -0.2) is 4.98 Å². The van der Waals surface area contributed by atoms with Gasteiger partial charge in [0.2, 0.25) is 17.6 Å². The van der Waals surface area contributed by atoms with Crippen molar-refractivity contribution < 1.29 is 9.26 Å². The molecule has 1 unspecified atom stereocenters. The van der Waals surface area contributed by atoms with Gasteiger partial charge in [0.05, 0.1) is 13.2 Å². The van der Waals surface area contributed by atoms with Crippen LogP contribution in [0.5, 0.6) is 5.88 Å². The molecule has 0 saturated carbocycles. The van der Waals surface area contributed by atoms with Crippen molar-refractivity contribution >= 4 is 11.8 Å². The summed E-state index contributed by atoms with van der Waals surface area (Å²) in [7, 11) is 1.59. The lowest BCUT2D eigenvalue weighted by Crippen LogP contribution is -2.34. The zero-order valence-electron chi connectivity index (χ0n) is 12.2. The summed E-state index contributed by atoms with van der Waals surface area (Å²) in [5.74, 6) is 4.09. The third-order valence-electron chi connectivity index (χ3n) is 3.59. The Kier molecular flexibility index (Phi) is 4.40. The smallest absolute Gasteiger partial charge is 0.244 e. The maximum Gasteiger partial charge on any atom is 0.244 e. The van der Waals surface area contributed by atoms with E-state index in [-0.39, 0.29) is 6.04 Å². The highest BCUT2D eigenvalue weighted by atomic mass is 32.2. The van der Waals surface area contributed by atoms with Crippen molar-refractivity contribution in [2.24, 2.45) is 0 Å². The number of ether oxygens (including phenoxy) is 1. The molecule has 3 heterocycles. The summed E-state index contributed by atoms with van der Waals surface area (Å²) in [6.07, 6.45) is 1.68. The van der Waals surface area contributed by atoms with E-state index in [1.165, 1.54) is 0 Å². The molecule has 0 amide bonds. The van der Waals surface area contributed by atoms with Crippen LogP contribution in [0.2, 0.25) is 0 Å². The number of nitrogens with zero attached hydrogens (tertiary/aromatic N) is 4. The number of thioether (sulfide) groups is 1. The standard InChI is InChI=1S/C14H18N4O2S/c1-10(18-5-7-21-8-6-18)14-16-13(17-20-14)11-3-4-15-12(9-11)19-2/h3-4,9-10H,5-8H2,1-2H3. The second-order valence-electron chi connectivity index (χ2n) is 4.87. The minimum absolute atomic E-state index is 0.149. The molecule has 21 heavy (non-hydrogen) atoms. The van der Waals surface area contributed by atoms with Crippen LogP contribution in [-0.2, 0) is 0 Å². The van der Waals surface area contributed by atoms with Crippen LogP contribution < -0.4 is 4.74 Å². The summed E-state index contributed by atoms with van der Waals surface area (Å²) >= 11 is 1.99. The molecular formula is C14H18N4O2S. The monoisotopic (exact) mass is 306 g/mol. The lowest BCUT2D eigenvalue weighted by atomic mass is 10.2. The van der Waals surface area contributed by atoms with E-state index in [4.69, 9.17) is 9.26 Å². The number of rotatable bonds is 4. The van der Waals surface area contributed by atoms with Gasteiger partial charge in [-0.2, -0.15) is 16.7 Å². The molecule has 1 aliphatic heterocycles. The highest BCUT2D eigenvalue weighted by Crippen LogP contribution is 2.25. The van der Waals surface area contributed by atoms with Crippen molar-refractivity contribution in [1.29, 1.82) is 0 Å². The second-order valence-corrected chi connectivity index (χ2v) is 6.09. The number of hydrogen-bond donors (Lipinski definition) is 0. The summed E-state index contributed by atoms with van der Waals surface area (Å²) in [6.45, 7) is 4.24. The van der Waals surface area contributed by atoms with Gasteiger partial charge in [0.1, 0.15) is 0 Å². The summed E-state index contributed by atoms with van der Waals surface area (Å²) in [4.78, 5) is 11.0. The Morgan fingerprint density at radius 1 is 1.38 bits per heavy atom. The largest absolute Gasteiger partial charge is 0.481 e. The van der Waals surface area contributed by atoms with Gasteiger partial charge in [-0.1, -0.05) is 5.16 Å². The topological polar surface area (TPSA) is 64.3 Å². The van der Waals surface area contributed by atoms with E-state index in [1.807, 2.05) is 17.8 Å². The minimum Gasteiger partial charge on any atom is -0.481 e. The SMILES string of the molecule is COc1cc(-c2noc(C(C)N3CCSCC3)n2)ccn1. The molecule has 0 N–H and O–H groups in total. The maximum absolute atomic E-state index is 5.44. The van der Waals surface area contributed by atoms with Gasteiger partial charge in [-0.05, 0) is 13.0 Å². The van der Waals surface area contributed by atoms with Gasteiger partial charge in [0, 0.05) is 42.4 Å². The van der Waals surface area contributed by atoms with Crippen LogP contribution >= 0.6 is 11.8 Å². The Bertz CT molecular complexity index is 598. The molecule has 112 valence electrons. The molecule has 0 spiro atoms. The second kappa shape index (κ2) is 6.44.